The fraction of sp³-hybridized carbons (Fsp3) is 0. The SMILES string of the molecule is C1=CC(c2ccccn2)=NNO1. The minimum Gasteiger partial charge on any atom is -0.373 e. The van der Waals surface area contributed by atoms with Gasteiger partial charge in [0.1, 0.15) is 12.0 Å². The van der Waals surface area contributed by atoms with Crippen LogP contribution in [0.1, 0.15) is 5.69 Å². The van der Waals surface area contributed by atoms with Crippen LogP contribution >= 0.6 is 0 Å². The molecule has 2 rings (SSSR count). The Morgan fingerprint density at radius 3 is 3.00 bits per heavy atom. The fourth-order valence-corrected chi connectivity index (χ4v) is 0.899. The molecular weight excluding hydrogens is 154 g/mol. The topological polar surface area (TPSA) is 46.5 Å². The maximum absolute atomic E-state index is 4.68. The van der Waals surface area contributed by atoms with Crippen LogP contribution in [0.5, 0.6) is 0 Å². The molecule has 1 aromatic heterocycles. The Bertz CT molecular complexity index is 318. The molecule has 0 atom stereocenters. The van der Waals surface area contributed by atoms with Crippen molar-refractivity contribution >= 4 is 5.71 Å². The van der Waals surface area contributed by atoms with Crippen LogP contribution in [0, 0.1) is 0 Å². The molecule has 0 radical (unpaired) electrons. The molecule has 1 aliphatic rings. The zero-order valence-electron chi connectivity index (χ0n) is 6.27. The standard InChI is InChI=1S/C8H7N3O/c1-2-5-9-7(3-1)8-4-6-12-11-10-8/h1-6,11H. The average Bonchev–Trinajstić information content (AvgIpc) is 2.21. The first-order valence-corrected chi connectivity index (χ1v) is 3.53. The van der Waals surface area contributed by atoms with Gasteiger partial charge in [0, 0.05) is 12.3 Å². The van der Waals surface area contributed by atoms with Crippen molar-refractivity contribution in [3.63, 3.8) is 0 Å². The van der Waals surface area contributed by atoms with Gasteiger partial charge in [-0.25, -0.2) is 0 Å². The van der Waals surface area contributed by atoms with Crippen LogP contribution in [0.25, 0.3) is 0 Å². The second-order valence-corrected chi connectivity index (χ2v) is 2.22. The van der Waals surface area contributed by atoms with E-state index in [4.69, 9.17) is 0 Å². The fourth-order valence-electron chi connectivity index (χ4n) is 0.899. The first-order valence-electron chi connectivity index (χ1n) is 3.53. The number of hydrogen-bond donors (Lipinski definition) is 1. The van der Waals surface area contributed by atoms with Crippen molar-refractivity contribution in [2.75, 3.05) is 0 Å². The molecule has 0 aromatic carbocycles. The Balaban J connectivity index is 2.31. The zero-order valence-corrected chi connectivity index (χ0v) is 6.27. The molecule has 0 unspecified atom stereocenters. The van der Waals surface area contributed by atoms with E-state index in [-0.39, 0.29) is 0 Å². The zero-order chi connectivity index (χ0) is 8.23. The summed E-state index contributed by atoms with van der Waals surface area (Å²) in [4.78, 5) is 8.80. The van der Waals surface area contributed by atoms with E-state index in [2.05, 4.69) is 20.5 Å². The minimum atomic E-state index is 0.766. The molecule has 0 amide bonds. The number of hydrogen-bond acceptors (Lipinski definition) is 4. The molecule has 0 spiro atoms. The molecule has 1 aromatic rings. The van der Waals surface area contributed by atoms with Crippen LogP contribution < -0.4 is 5.59 Å². The Labute approximate surface area is 69.5 Å². The van der Waals surface area contributed by atoms with Gasteiger partial charge in [0.05, 0.1) is 5.69 Å². The van der Waals surface area contributed by atoms with Crippen LogP contribution in [0.4, 0.5) is 0 Å². The van der Waals surface area contributed by atoms with Crippen LogP contribution in [0.15, 0.2) is 41.8 Å². The third-order valence-corrected chi connectivity index (χ3v) is 1.44. The van der Waals surface area contributed by atoms with Gasteiger partial charge in [-0.1, -0.05) is 6.07 Å². The molecule has 1 N–H and O–H groups in total. The van der Waals surface area contributed by atoms with E-state index in [0.29, 0.717) is 0 Å². The van der Waals surface area contributed by atoms with Crippen LogP contribution in [0.2, 0.25) is 0 Å². The first kappa shape index (κ1) is 6.84. The molecule has 60 valence electrons. The molecule has 0 saturated heterocycles. The summed E-state index contributed by atoms with van der Waals surface area (Å²) < 4.78 is 0. The summed E-state index contributed by atoms with van der Waals surface area (Å²) >= 11 is 0. The predicted molar refractivity (Wildman–Crippen MR) is 44.1 cm³/mol. The second kappa shape index (κ2) is 3.04. The number of nitrogens with zero attached hydrogens (tertiary/aromatic N) is 2. The van der Waals surface area contributed by atoms with E-state index in [1.807, 2.05) is 18.2 Å². The first-order chi connectivity index (χ1) is 5.97. The number of pyridine rings is 1. The Hall–Kier alpha value is -1.84. The largest absolute Gasteiger partial charge is 0.373 e. The van der Waals surface area contributed by atoms with E-state index in [0.717, 1.165) is 11.4 Å². The van der Waals surface area contributed by atoms with Gasteiger partial charge in [-0.15, -0.1) is 10.7 Å². The smallest absolute Gasteiger partial charge is 0.123 e. The van der Waals surface area contributed by atoms with E-state index >= 15 is 0 Å². The lowest BCUT2D eigenvalue weighted by Gasteiger charge is -2.05. The monoisotopic (exact) mass is 161 g/mol. The summed E-state index contributed by atoms with van der Waals surface area (Å²) in [5.41, 5.74) is 3.98. The summed E-state index contributed by atoms with van der Waals surface area (Å²) in [6.45, 7) is 0. The highest BCUT2D eigenvalue weighted by molar-refractivity contribution is 6.07. The summed E-state index contributed by atoms with van der Waals surface area (Å²) in [7, 11) is 0. The number of hydrazone groups is 1. The average molecular weight is 161 g/mol. The van der Waals surface area contributed by atoms with Gasteiger partial charge in [-0.3, -0.25) is 4.98 Å². The number of aromatic nitrogens is 1. The van der Waals surface area contributed by atoms with E-state index in [1.54, 1.807) is 12.3 Å². The van der Waals surface area contributed by atoms with Crippen LogP contribution in [0.3, 0.4) is 0 Å². The lowest BCUT2D eigenvalue weighted by molar-refractivity contribution is 0.135. The van der Waals surface area contributed by atoms with E-state index in [1.165, 1.54) is 6.26 Å². The van der Waals surface area contributed by atoms with Gasteiger partial charge in [-0.05, 0) is 12.1 Å². The molecule has 0 saturated carbocycles. The Kier molecular flexibility index (Phi) is 1.74. The number of nitrogens with one attached hydrogen (secondary N) is 1. The van der Waals surface area contributed by atoms with Crippen molar-refractivity contribution in [1.29, 1.82) is 0 Å². The summed E-state index contributed by atoms with van der Waals surface area (Å²) in [6.07, 6.45) is 5.00. The highest BCUT2D eigenvalue weighted by Gasteiger charge is 2.02. The molecule has 0 aliphatic carbocycles. The molecule has 1 aliphatic heterocycles. The van der Waals surface area contributed by atoms with Crippen molar-refractivity contribution in [2.24, 2.45) is 5.10 Å². The number of allylic oxidation sites excluding steroid dienone is 1. The highest BCUT2D eigenvalue weighted by atomic mass is 16.7. The molecule has 0 fully saturated rings. The maximum atomic E-state index is 4.68. The molecule has 12 heavy (non-hydrogen) atoms. The molecule has 4 nitrogen and oxygen atoms in total. The second-order valence-electron chi connectivity index (χ2n) is 2.22. The molecule has 4 heteroatoms. The Morgan fingerprint density at radius 2 is 2.33 bits per heavy atom. The van der Waals surface area contributed by atoms with Crippen molar-refractivity contribution in [2.45, 2.75) is 0 Å². The van der Waals surface area contributed by atoms with E-state index < -0.39 is 0 Å². The summed E-state index contributed by atoms with van der Waals surface area (Å²) in [6, 6.07) is 5.66. The third kappa shape index (κ3) is 1.27. The minimum absolute atomic E-state index is 0.766. The summed E-state index contributed by atoms with van der Waals surface area (Å²) in [5.74, 6) is 0. The lowest BCUT2D eigenvalue weighted by Crippen LogP contribution is -2.13. The number of rotatable bonds is 1. The van der Waals surface area contributed by atoms with Gasteiger partial charge in [-0.2, -0.15) is 0 Å². The van der Waals surface area contributed by atoms with Crippen LogP contribution in [-0.2, 0) is 4.84 Å². The van der Waals surface area contributed by atoms with Crippen molar-refractivity contribution in [1.82, 2.24) is 10.6 Å². The normalized spacial score (nSPS) is 14.5. The molecule has 2 heterocycles. The van der Waals surface area contributed by atoms with Gasteiger partial charge in [0.15, 0.2) is 0 Å². The van der Waals surface area contributed by atoms with Crippen molar-refractivity contribution in [3.8, 4) is 0 Å². The lowest BCUT2D eigenvalue weighted by atomic mass is 10.2. The Morgan fingerprint density at radius 1 is 1.33 bits per heavy atom. The summed E-state index contributed by atoms with van der Waals surface area (Å²) in [5, 5.41) is 3.89. The van der Waals surface area contributed by atoms with E-state index in [9.17, 15) is 0 Å². The highest BCUT2D eigenvalue weighted by Crippen LogP contribution is 2.00. The van der Waals surface area contributed by atoms with Gasteiger partial charge in [0.25, 0.3) is 0 Å². The van der Waals surface area contributed by atoms with Crippen LogP contribution in [-0.4, -0.2) is 10.7 Å². The van der Waals surface area contributed by atoms with Gasteiger partial charge < -0.3 is 4.84 Å². The quantitative estimate of drug-likeness (QED) is 0.663. The molecule has 0 bridgehead atoms. The maximum Gasteiger partial charge on any atom is 0.123 e. The third-order valence-electron chi connectivity index (χ3n) is 1.44. The van der Waals surface area contributed by atoms with Crippen molar-refractivity contribution in [3.05, 3.63) is 42.4 Å². The van der Waals surface area contributed by atoms with Crippen molar-refractivity contribution < 1.29 is 4.84 Å². The predicted octanol–water partition coefficient (Wildman–Crippen LogP) is 0.834. The van der Waals surface area contributed by atoms with Gasteiger partial charge >= 0.3 is 0 Å². The molecular formula is C8H7N3O. The van der Waals surface area contributed by atoms with Gasteiger partial charge in [0.2, 0.25) is 0 Å².